The van der Waals surface area contributed by atoms with Gasteiger partial charge in [0, 0.05) is 47.9 Å². The summed E-state index contributed by atoms with van der Waals surface area (Å²) in [6.45, 7) is 1.53. The van der Waals surface area contributed by atoms with Crippen LogP contribution < -0.4 is 0 Å². The Morgan fingerprint density at radius 3 is 2.53 bits per heavy atom. The van der Waals surface area contributed by atoms with Gasteiger partial charge in [0.25, 0.3) is 11.6 Å². The Kier molecular flexibility index (Phi) is 5.11. The van der Waals surface area contributed by atoms with E-state index in [1.165, 1.54) is 12.1 Å². The van der Waals surface area contributed by atoms with Gasteiger partial charge in [-0.1, -0.05) is 41.9 Å². The van der Waals surface area contributed by atoms with Gasteiger partial charge in [-0.2, -0.15) is 0 Å². The zero-order valence-electron chi connectivity index (χ0n) is 17.0. The van der Waals surface area contributed by atoms with Crippen molar-refractivity contribution in [3.05, 3.63) is 81.6 Å². The second kappa shape index (κ2) is 8.09. The summed E-state index contributed by atoms with van der Waals surface area (Å²) in [4.78, 5) is 33.3. The smallest absolute Gasteiger partial charge is 0.270 e. The largest absolute Gasteiger partial charge is 0.357 e. The minimum Gasteiger partial charge on any atom is -0.357 e. The Morgan fingerprint density at radius 1 is 1.06 bits per heavy atom. The number of hydrogen-bond donors (Lipinski definition) is 1. The lowest BCUT2D eigenvalue weighted by atomic mass is 9.98. The molecule has 8 heteroatoms. The molecule has 0 aliphatic carbocycles. The molecule has 2 aromatic heterocycles. The number of nitro groups is 1. The van der Waals surface area contributed by atoms with Crippen molar-refractivity contribution in [2.45, 2.75) is 12.8 Å². The number of rotatable bonds is 4. The normalized spacial score (nSPS) is 13.6. The summed E-state index contributed by atoms with van der Waals surface area (Å²) in [5, 5.41) is 12.3. The van der Waals surface area contributed by atoms with Crippen LogP contribution in [0.3, 0.4) is 0 Å². The predicted molar refractivity (Wildman–Crippen MR) is 124 cm³/mol. The Labute approximate surface area is 188 Å². The molecule has 4 aromatic rings. The summed E-state index contributed by atoms with van der Waals surface area (Å²) < 4.78 is 0. The van der Waals surface area contributed by atoms with E-state index in [1.807, 2.05) is 35.2 Å². The summed E-state index contributed by atoms with van der Waals surface area (Å²) in [6, 6.07) is 15.8. The lowest BCUT2D eigenvalue weighted by molar-refractivity contribution is -0.384. The lowest BCUT2D eigenvalue weighted by Gasteiger charge is -2.14. The number of halogens is 1. The molecule has 1 aliphatic rings. The summed E-state index contributed by atoms with van der Waals surface area (Å²) in [5.74, 6) is -0.0374. The lowest BCUT2D eigenvalue weighted by Crippen LogP contribution is -2.27. The second-order valence-electron chi connectivity index (χ2n) is 7.78. The minimum absolute atomic E-state index is 0.0274. The molecule has 2 aromatic carbocycles. The second-order valence-corrected chi connectivity index (χ2v) is 8.15. The van der Waals surface area contributed by atoms with E-state index in [2.05, 4.69) is 4.98 Å². The highest BCUT2D eigenvalue weighted by Gasteiger charge is 2.23. The van der Waals surface area contributed by atoms with Gasteiger partial charge in [0.15, 0.2) is 0 Å². The van der Waals surface area contributed by atoms with Crippen molar-refractivity contribution in [3.63, 3.8) is 0 Å². The number of aromatic nitrogens is 2. The summed E-state index contributed by atoms with van der Waals surface area (Å²) in [7, 11) is 0. The van der Waals surface area contributed by atoms with Crippen molar-refractivity contribution in [2.24, 2.45) is 0 Å². The van der Waals surface area contributed by atoms with Crippen LogP contribution in [0.25, 0.3) is 33.3 Å². The number of nitrogens with zero attached hydrogens (tertiary/aromatic N) is 3. The zero-order valence-corrected chi connectivity index (χ0v) is 17.8. The monoisotopic (exact) mass is 446 g/mol. The van der Waals surface area contributed by atoms with Gasteiger partial charge in [-0.05, 0) is 30.5 Å². The number of non-ortho nitro benzene ring substituents is 1. The summed E-state index contributed by atoms with van der Waals surface area (Å²) >= 11 is 6.86. The van der Waals surface area contributed by atoms with Crippen LogP contribution in [0.15, 0.2) is 60.8 Å². The molecule has 0 bridgehead atoms. The molecule has 5 rings (SSSR count). The topological polar surface area (TPSA) is 92.1 Å². The average molecular weight is 447 g/mol. The number of aromatic amines is 1. The molecule has 1 aliphatic heterocycles. The van der Waals surface area contributed by atoms with Gasteiger partial charge in [-0.25, -0.2) is 4.98 Å². The first-order chi connectivity index (χ1) is 15.5. The van der Waals surface area contributed by atoms with Crippen LogP contribution in [-0.2, 0) is 0 Å². The number of nitrogens with one attached hydrogen (secondary N) is 1. The number of amides is 1. The number of nitro benzene ring substituents is 1. The van der Waals surface area contributed by atoms with E-state index in [0.29, 0.717) is 38.4 Å². The highest BCUT2D eigenvalue weighted by Crippen LogP contribution is 2.41. The molecule has 1 saturated heterocycles. The van der Waals surface area contributed by atoms with E-state index >= 15 is 0 Å². The maximum absolute atomic E-state index is 12.8. The fourth-order valence-electron chi connectivity index (χ4n) is 4.16. The van der Waals surface area contributed by atoms with Crippen molar-refractivity contribution in [3.8, 4) is 22.4 Å². The molecule has 0 radical (unpaired) electrons. The van der Waals surface area contributed by atoms with Crippen LogP contribution in [0.1, 0.15) is 23.3 Å². The van der Waals surface area contributed by atoms with Crippen molar-refractivity contribution in [1.82, 2.24) is 14.9 Å². The number of likely N-dealkylation sites (tertiary alicyclic amines) is 1. The van der Waals surface area contributed by atoms with Crippen LogP contribution in [0.4, 0.5) is 5.69 Å². The van der Waals surface area contributed by atoms with E-state index in [0.717, 1.165) is 31.5 Å². The molecule has 1 amide bonds. The van der Waals surface area contributed by atoms with Crippen molar-refractivity contribution in [1.29, 1.82) is 0 Å². The van der Waals surface area contributed by atoms with Gasteiger partial charge in [-0.15, -0.1) is 0 Å². The van der Waals surface area contributed by atoms with Crippen molar-refractivity contribution < 1.29 is 9.72 Å². The quantitative estimate of drug-likeness (QED) is 0.321. The van der Waals surface area contributed by atoms with Gasteiger partial charge in [-0.3, -0.25) is 14.9 Å². The molecule has 0 atom stereocenters. The van der Waals surface area contributed by atoms with Crippen LogP contribution >= 0.6 is 11.6 Å². The Hall–Kier alpha value is -3.71. The number of carbonyl (C=O) groups excluding carboxylic acids is 1. The Morgan fingerprint density at radius 2 is 1.81 bits per heavy atom. The first kappa shape index (κ1) is 20.2. The molecule has 0 spiro atoms. The fourth-order valence-corrected chi connectivity index (χ4v) is 4.53. The molecule has 0 saturated carbocycles. The molecule has 3 heterocycles. The molecule has 160 valence electrons. The number of H-pyrrole nitrogens is 1. The van der Waals surface area contributed by atoms with E-state index < -0.39 is 4.92 Å². The highest BCUT2D eigenvalue weighted by molar-refractivity contribution is 6.37. The molecule has 1 fully saturated rings. The van der Waals surface area contributed by atoms with E-state index in [9.17, 15) is 14.9 Å². The first-order valence-corrected chi connectivity index (χ1v) is 10.7. The molecule has 0 unspecified atom stereocenters. The Balaban J connectivity index is 1.68. The van der Waals surface area contributed by atoms with E-state index in [4.69, 9.17) is 16.6 Å². The first-order valence-electron chi connectivity index (χ1n) is 10.3. The van der Waals surface area contributed by atoms with Crippen molar-refractivity contribution in [2.75, 3.05) is 13.1 Å². The summed E-state index contributed by atoms with van der Waals surface area (Å²) in [6.07, 6.45) is 3.76. The maximum Gasteiger partial charge on any atom is 0.270 e. The van der Waals surface area contributed by atoms with Crippen LogP contribution in [0.2, 0.25) is 5.02 Å². The van der Waals surface area contributed by atoms with E-state index in [-0.39, 0.29) is 11.6 Å². The zero-order chi connectivity index (χ0) is 22.2. The molecular weight excluding hydrogens is 428 g/mol. The van der Waals surface area contributed by atoms with E-state index in [1.54, 1.807) is 18.3 Å². The molecule has 1 N–H and O–H groups in total. The van der Waals surface area contributed by atoms with Gasteiger partial charge < -0.3 is 9.88 Å². The Bertz CT molecular complexity index is 1340. The third-order valence-electron chi connectivity index (χ3n) is 5.76. The van der Waals surface area contributed by atoms with Gasteiger partial charge in [0.1, 0.15) is 5.69 Å². The average Bonchev–Trinajstić information content (AvgIpc) is 3.51. The summed E-state index contributed by atoms with van der Waals surface area (Å²) in [5.41, 5.74) is 3.76. The number of carbonyl (C=O) groups is 1. The van der Waals surface area contributed by atoms with Crippen molar-refractivity contribution >= 4 is 34.1 Å². The third kappa shape index (κ3) is 3.50. The minimum atomic E-state index is -0.432. The number of hydrogen-bond acceptors (Lipinski definition) is 4. The maximum atomic E-state index is 12.8. The molecule has 7 nitrogen and oxygen atoms in total. The van der Waals surface area contributed by atoms with Crippen LogP contribution in [-0.4, -0.2) is 38.8 Å². The fraction of sp³-hybridized carbons (Fsp3) is 0.167. The third-order valence-corrected chi connectivity index (χ3v) is 6.13. The molecular formula is C24H19ClN4O3. The number of fused-ring (bicyclic) bond motifs is 1. The SMILES string of the molecule is O=C(c1cc(-c2nc3ccc([N+](=O)[O-])cc3c(-c3ccccc3)c2Cl)c[nH]1)N1CCCC1. The standard InChI is InChI=1S/C24H19ClN4O3/c25-22-21(15-6-2-1-3-7-15)18-13-17(29(31)32)8-9-19(18)27-23(22)16-12-20(26-14-16)24(30)28-10-4-5-11-28/h1-3,6-9,12-14,26H,4-5,10-11H2. The number of benzene rings is 2. The van der Waals surface area contributed by atoms with Gasteiger partial charge in [0.2, 0.25) is 0 Å². The van der Waals surface area contributed by atoms with Crippen LogP contribution in [0, 0.1) is 10.1 Å². The molecule has 32 heavy (non-hydrogen) atoms. The predicted octanol–water partition coefficient (Wildman–Crippen LogP) is 5.69. The van der Waals surface area contributed by atoms with Crippen LogP contribution in [0.5, 0.6) is 0 Å². The van der Waals surface area contributed by atoms with Gasteiger partial charge in [0.05, 0.1) is 21.2 Å². The van der Waals surface area contributed by atoms with Gasteiger partial charge >= 0.3 is 0 Å². The number of pyridine rings is 1. The highest BCUT2D eigenvalue weighted by atomic mass is 35.5.